The Labute approximate surface area is 146 Å². The van der Waals surface area contributed by atoms with Gasteiger partial charge in [-0.2, -0.15) is 9.65 Å². The van der Waals surface area contributed by atoms with Crippen LogP contribution >= 0.6 is 11.6 Å². The maximum atomic E-state index is 14.2. The standard InChI is InChI=1S/C17H12ClF3N2O2/c1-25-16(24)6-11(12-5-10(19)2-3-15(12)20)13(7-22)9-4-14(18)17(21)23-8-9/h2-5,8,11,13H,6H2,1H3. The molecule has 0 aliphatic heterocycles. The number of esters is 1. The predicted molar refractivity (Wildman–Crippen MR) is 83.3 cm³/mol. The van der Waals surface area contributed by atoms with E-state index in [1.165, 1.54) is 6.07 Å². The molecule has 0 amide bonds. The first-order valence-electron chi connectivity index (χ1n) is 7.09. The van der Waals surface area contributed by atoms with Crippen molar-refractivity contribution in [1.29, 1.82) is 5.26 Å². The third-order valence-electron chi connectivity index (χ3n) is 3.69. The van der Waals surface area contributed by atoms with E-state index in [2.05, 4.69) is 9.72 Å². The second kappa shape index (κ2) is 7.99. The topological polar surface area (TPSA) is 63.0 Å². The average Bonchev–Trinajstić information content (AvgIpc) is 2.59. The molecule has 0 spiro atoms. The van der Waals surface area contributed by atoms with Crippen LogP contribution in [0.5, 0.6) is 0 Å². The Hall–Kier alpha value is -2.59. The first-order valence-corrected chi connectivity index (χ1v) is 7.47. The van der Waals surface area contributed by atoms with Crippen LogP contribution in [0.15, 0.2) is 30.5 Å². The van der Waals surface area contributed by atoms with Gasteiger partial charge in [0.1, 0.15) is 11.6 Å². The second-order valence-electron chi connectivity index (χ2n) is 5.20. The summed E-state index contributed by atoms with van der Waals surface area (Å²) >= 11 is 5.68. The van der Waals surface area contributed by atoms with Gasteiger partial charge in [-0.25, -0.2) is 13.8 Å². The van der Waals surface area contributed by atoms with Crippen molar-refractivity contribution in [2.24, 2.45) is 0 Å². The molecule has 130 valence electrons. The third kappa shape index (κ3) is 4.28. The monoisotopic (exact) mass is 368 g/mol. The van der Waals surface area contributed by atoms with Gasteiger partial charge in [-0.05, 0) is 35.4 Å². The number of ether oxygens (including phenoxy) is 1. The molecule has 0 fully saturated rings. The molecule has 1 aromatic heterocycles. The molecule has 1 aromatic carbocycles. The van der Waals surface area contributed by atoms with Crippen LogP contribution in [0.25, 0.3) is 0 Å². The number of nitrogens with zero attached hydrogens (tertiary/aromatic N) is 2. The minimum absolute atomic E-state index is 0.169. The zero-order valence-electron chi connectivity index (χ0n) is 13.0. The first-order chi connectivity index (χ1) is 11.9. The number of halogens is 4. The number of methoxy groups -OCH3 is 1. The van der Waals surface area contributed by atoms with E-state index in [4.69, 9.17) is 11.6 Å². The van der Waals surface area contributed by atoms with Crippen molar-refractivity contribution in [3.8, 4) is 6.07 Å². The Kier molecular flexibility index (Phi) is 5.99. The number of carbonyl (C=O) groups excluding carboxylic acids is 1. The van der Waals surface area contributed by atoms with Crippen LogP contribution in [0.2, 0.25) is 5.02 Å². The molecular formula is C17H12ClF3N2O2. The smallest absolute Gasteiger partial charge is 0.306 e. The van der Waals surface area contributed by atoms with Crippen molar-refractivity contribution in [1.82, 2.24) is 4.98 Å². The minimum atomic E-state index is -1.12. The molecule has 2 aromatic rings. The summed E-state index contributed by atoms with van der Waals surface area (Å²) in [6.07, 6.45) is 0.681. The highest BCUT2D eigenvalue weighted by molar-refractivity contribution is 6.30. The molecule has 0 aliphatic rings. The van der Waals surface area contributed by atoms with Gasteiger partial charge in [0.25, 0.3) is 0 Å². The number of nitriles is 1. The van der Waals surface area contributed by atoms with Gasteiger partial charge in [0.05, 0.1) is 30.5 Å². The lowest BCUT2D eigenvalue weighted by molar-refractivity contribution is -0.141. The van der Waals surface area contributed by atoms with E-state index < -0.39 is 35.4 Å². The Morgan fingerprint density at radius 3 is 2.68 bits per heavy atom. The minimum Gasteiger partial charge on any atom is -0.469 e. The van der Waals surface area contributed by atoms with Gasteiger partial charge >= 0.3 is 5.97 Å². The van der Waals surface area contributed by atoms with Crippen LogP contribution in [0.3, 0.4) is 0 Å². The molecule has 2 unspecified atom stereocenters. The van der Waals surface area contributed by atoms with E-state index >= 15 is 0 Å². The van der Waals surface area contributed by atoms with E-state index in [1.807, 2.05) is 6.07 Å². The summed E-state index contributed by atoms with van der Waals surface area (Å²) in [5, 5.41) is 9.21. The number of hydrogen-bond acceptors (Lipinski definition) is 4. The fourth-order valence-electron chi connectivity index (χ4n) is 2.47. The van der Waals surface area contributed by atoms with Gasteiger partial charge in [0.15, 0.2) is 0 Å². The number of pyridine rings is 1. The molecule has 4 nitrogen and oxygen atoms in total. The van der Waals surface area contributed by atoms with Crippen LogP contribution in [-0.4, -0.2) is 18.1 Å². The highest BCUT2D eigenvalue weighted by Crippen LogP contribution is 2.37. The normalized spacial score (nSPS) is 13.0. The second-order valence-corrected chi connectivity index (χ2v) is 5.61. The highest BCUT2D eigenvalue weighted by atomic mass is 35.5. The highest BCUT2D eigenvalue weighted by Gasteiger charge is 2.31. The van der Waals surface area contributed by atoms with Crippen molar-refractivity contribution in [3.05, 3.63) is 64.2 Å². The summed E-state index contributed by atoms with van der Waals surface area (Å²) in [6, 6.07) is 5.82. The third-order valence-corrected chi connectivity index (χ3v) is 3.95. The van der Waals surface area contributed by atoms with Crippen LogP contribution in [-0.2, 0) is 9.53 Å². The molecule has 25 heavy (non-hydrogen) atoms. The molecule has 2 rings (SSSR count). The zero-order valence-corrected chi connectivity index (χ0v) is 13.7. The number of carbonyl (C=O) groups is 1. The van der Waals surface area contributed by atoms with Crippen LogP contribution < -0.4 is 0 Å². The summed E-state index contributed by atoms with van der Waals surface area (Å²) < 4.78 is 45.6. The van der Waals surface area contributed by atoms with Crippen molar-refractivity contribution < 1.29 is 22.7 Å². The summed E-state index contributed by atoms with van der Waals surface area (Å²) in [5.74, 6) is -5.34. The molecule has 0 aliphatic carbocycles. The predicted octanol–water partition coefficient (Wildman–Crippen LogP) is 4.11. The number of aromatic nitrogens is 1. The Morgan fingerprint density at radius 1 is 1.36 bits per heavy atom. The first kappa shape index (κ1) is 18.7. The summed E-state index contributed by atoms with van der Waals surface area (Å²) in [7, 11) is 1.14. The Bertz CT molecular complexity index is 839. The van der Waals surface area contributed by atoms with Gasteiger partial charge in [0, 0.05) is 12.1 Å². The van der Waals surface area contributed by atoms with E-state index in [9.17, 15) is 23.2 Å². The van der Waals surface area contributed by atoms with Crippen LogP contribution in [0.4, 0.5) is 13.2 Å². The molecule has 0 bridgehead atoms. The van der Waals surface area contributed by atoms with Crippen molar-refractivity contribution in [3.63, 3.8) is 0 Å². The molecule has 0 radical (unpaired) electrons. The molecule has 8 heteroatoms. The Morgan fingerprint density at radius 2 is 2.08 bits per heavy atom. The van der Waals surface area contributed by atoms with Crippen molar-refractivity contribution in [2.45, 2.75) is 18.3 Å². The molecular weight excluding hydrogens is 357 g/mol. The lowest BCUT2D eigenvalue weighted by Gasteiger charge is -2.22. The SMILES string of the molecule is COC(=O)CC(c1cc(F)ccc1F)C(C#N)c1cnc(F)c(Cl)c1. The van der Waals surface area contributed by atoms with Crippen LogP contribution in [0.1, 0.15) is 29.4 Å². The number of hydrogen-bond donors (Lipinski definition) is 0. The summed E-state index contributed by atoms with van der Waals surface area (Å²) in [5.41, 5.74) is 0.00358. The van der Waals surface area contributed by atoms with Crippen LogP contribution in [0, 0.1) is 28.9 Å². The lowest BCUT2D eigenvalue weighted by Crippen LogP contribution is -2.17. The van der Waals surface area contributed by atoms with Gasteiger partial charge in [-0.15, -0.1) is 0 Å². The largest absolute Gasteiger partial charge is 0.469 e. The van der Waals surface area contributed by atoms with E-state index in [-0.39, 0.29) is 22.6 Å². The van der Waals surface area contributed by atoms with Crippen molar-refractivity contribution >= 4 is 17.6 Å². The van der Waals surface area contributed by atoms with E-state index in [1.54, 1.807) is 0 Å². The average molecular weight is 369 g/mol. The lowest BCUT2D eigenvalue weighted by atomic mass is 9.80. The van der Waals surface area contributed by atoms with Gasteiger partial charge in [-0.1, -0.05) is 11.6 Å². The maximum absolute atomic E-state index is 14.2. The van der Waals surface area contributed by atoms with Gasteiger partial charge in [0.2, 0.25) is 5.95 Å². The summed E-state index contributed by atoms with van der Waals surface area (Å²) in [4.78, 5) is 15.1. The quantitative estimate of drug-likeness (QED) is 0.588. The van der Waals surface area contributed by atoms with Gasteiger partial charge < -0.3 is 4.74 Å². The summed E-state index contributed by atoms with van der Waals surface area (Å²) in [6.45, 7) is 0. The maximum Gasteiger partial charge on any atom is 0.306 e. The van der Waals surface area contributed by atoms with Crippen molar-refractivity contribution in [2.75, 3.05) is 7.11 Å². The molecule has 0 N–H and O–H groups in total. The Balaban J connectivity index is 2.55. The number of benzene rings is 1. The van der Waals surface area contributed by atoms with E-state index in [0.717, 1.165) is 31.5 Å². The number of rotatable bonds is 5. The zero-order chi connectivity index (χ0) is 18.6. The van der Waals surface area contributed by atoms with E-state index in [0.29, 0.717) is 0 Å². The molecule has 2 atom stereocenters. The molecule has 0 saturated carbocycles. The molecule has 1 heterocycles. The fourth-order valence-corrected chi connectivity index (χ4v) is 2.65. The fraction of sp³-hybridized carbons (Fsp3) is 0.235. The molecule has 0 saturated heterocycles. The van der Waals surface area contributed by atoms with Gasteiger partial charge in [-0.3, -0.25) is 4.79 Å².